The number of rotatable bonds is 3. The molecule has 0 radical (unpaired) electrons. The van der Waals surface area contributed by atoms with E-state index >= 15 is 0 Å². The second-order valence-corrected chi connectivity index (χ2v) is 4.78. The summed E-state index contributed by atoms with van der Waals surface area (Å²) >= 11 is 0. The zero-order valence-corrected chi connectivity index (χ0v) is 9.90. The molecule has 0 amide bonds. The fourth-order valence-corrected chi connectivity index (χ4v) is 2.14. The molecule has 0 saturated heterocycles. The molecule has 0 bridgehead atoms. The van der Waals surface area contributed by atoms with Gasteiger partial charge in [0.05, 0.1) is 5.54 Å². The van der Waals surface area contributed by atoms with Crippen LogP contribution in [0.3, 0.4) is 0 Å². The quantitative estimate of drug-likeness (QED) is 0.845. The molecule has 16 heavy (non-hydrogen) atoms. The topological polar surface area (TPSA) is 74.2 Å². The summed E-state index contributed by atoms with van der Waals surface area (Å²) in [5.74, 6) is 1.88. The number of nitrogens with zero attached hydrogens (tertiary/aromatic N) is 2. The van der Waals surface area contributed by atoms with Gasteiger partial charge in [-0.3, -0.25) is 0 Å². The van der Waals surface area contributed by atoms with Gasteiger partial charge in [-0.25, -0.2) is 0 Å². The highest BCUT2D eigenvalue weighted by Gasteiger charge is 2.36. The Bertz CT molecular complexity index is 343. The number of ether oxygens (including phenoxy) is 1. The third kappa shape index (κ3) is 2.25. The van der Waals surface area contributed by atoms with Gasteiger partial charge in [0.1, 0.15) is 6.61 Å². The molecule has 1 fully saturated rings. The smallest absolute Gasteiger partial charge is 0.252 e. The monoisotopic (exact) mass is 225 g/mol. The standard InChI is InChI=1S/C11H19N3O2/c1-8-3-5-11(12,6-4-8)10-13-9(7-15-2)16-14-10/h8H,3-7,12H2,1-2H3. The van der Waals surface area contributed by atoms with Crippen LogP contribution in [0.1, 0.15) is 44.3 Å². The lowest BCUT2D eigenvalue weighted by Gasteiger charge is -2.33. The van der Waals surface area contributed by atoms with Crippen molar-refractivity contribution in [2.75, 3.05) is 7.11 Å². The van der Waals surface area contributed by atoms with Gasteiger partial charge >= 0.3 is 0 Å². The van der Waals surface area contributed by atoms with Crippen molar-refractivity contribution in [3.05, 3.63) is 11.7 Å². The Morgan fingerprint density at radius 2 is 2.19 bits per heavy atom. The Balaban J connectivity index is 2.09. The molecule has 1 aliphatic carbocycles. The van der Waals surface area contributed by atoms with Gasteiger partial charge in [0.2, 0.25) is 0 Å². The summed E-state index contributed by atoms with van der Waals surface area (Å²) in [6.45, 7) is 2.60. The Hall–Kier alpha value is -0.940. The third-order valence-corrected chi connectivity index (χ3v) is 3.35. The Kier molecular flexibility index (Phi) is 3.25. The molecular weight excluding hydrogens is 206 g/mol. The predicted molar refractivity (Wildman–Crippen MR) is 58.5 cm³/mol. The summed E-state index contributed by atoms with van der Waals surface area (Å²) in [5, 5.41) is 3.96. The summed E-state index contributed by atoms with van der Waals surface area (Å²) in [7, 11) is 1.60. The molecule has 1 saturated carbocycles. The lowest BCUT2D eigenvalue weighted by atomic mass is 9.77. The zero-order valence-electron chi connectivity index (χ0n) is 9.90. The maximum Gasteiger partial charge on any atom is 0.252 e. The number of nitrogens with two attached hydrogens (primary N) is 1. The first kappa shape index (κ1) is 11.5. The van der Waals surface area contributed by atoms with E-state index in [9.17, 15) is 0 Å². The van der Waals surface area contributed by atoms with Crippen molar-refractivity contribution in [1.29, 1.82) is 0 Å². The maximum atomic E-state index is 6.33. The second kappa shape index (κ2) is 4.51. The van der Waals surface area contributed by atoms with Gasteiger partial charge in [0.15, 0.2) is 5.82 Å². The molecule has 90 valence electrons. The van der Waals surface area contributed by atoms with Gasteiger partial charge in [-0.2, -0.15) is 4.98 Å². The minimum Gasteiger partial charge on any atom is -0.375 e. The largest absolute Gasteiger partial charge is 0.375 e. The number of aromatic nitrogens is 2. The van der Waals surface area contributed by atoms with E-state index in [1.54, 1.807) is 7.11 Å². The molecule has 1 aromatic rings. The van der Waals surface area contributed by atoms with E-state index in [1.807, 2.05) is 0 Å². The normalized spacial score (nSPS) is 30.6. The van der Waals surface area contributed by atoms with E-state index in [4.69, 9.17) is 15.0 Å². The van der Waals surface area contributed by atoms with E-state index in [2.05, 4.69) is 17.1 Å². The molecular formula is C11H19N3O2. The van der Waals surface area contributed by atoms with E-state index in [0.29, 0.717) is 18.3 Å². The highest BCUT2D eigenvalue weighted by molar-refractivity contribution is 5.05. The lowest BCUT2D eigenvalue weighted by Crippen LogP contribution is -2.41. The molecule has 2 N–H and O–H groups in total. The Labute approximate surface area is 95.3 Å². The van der Waals surface area contributed by atoms with Gasteiger partial charge in [0, 0.05) is 7.11 Å². The molecule has 5 heteroatoms. The molecule has 0 spiro atoms. The summed E-state index contributed by atoms with van der Waals surface area (Å²) in [6.07, 6.45) is 4.12. The van der Waals surface area contributed by atoms with Crippen LogP contribution in [0, 0.1) is 5.92 Å². The molecule has 1 heterocycles. The van der Waals surface area contributed by atoms with Crippen molar-refractivity contribution in [2.24, 2.45) is 11.7 Å². The van der Waals surface area contributed by atoms with Gasteiger partial charge in [0.25, 0.3) is 5.89 Å². The highest BCUT2D eigenvalue weighted by atomic mass is 16.5. The maximum absolute atomic E-state index is 6.33. The van der Waals surface area contributed by atoms with Crippen LogP contribution in [0.2, 0.25) is 0 Å². The summed E-state index contributed by atoms with van der Waals surface area (Å²) in [5.41, 5.74) is 5.93. The number of methoxy groups -OCH3 is 1. The molecule has 0 atom stereocenters. The van der Waals surface area contributed by atoms with Crippen LogP contribution in [0.15, 0.2) is 4.52 Å². The van der Waals surface area contributed by atoms with Gasteiger partial charge in [-0.15, -0.1) is 0 Å². The van der Waals surface area contributed by atoms with Crippen LogP contribution in [-0.2, 0) is 16.9 Å². The molecule has 0 aromatic carbocycles. The van der Waals surface area contributed by atoms with Crippen molar-refractivity contribution in [3.8, 4) is 0 Å². The summed E-state index contributed by atoms with van der Waals surface area (Å²) < 4.78 is 10.0. The van der Waals surface area contributed by atoms with E-state index in [0.717, 1.165) is 31.6 Å². The van der Waals surface area contributed by atoms with Crippen molar-refractivity contribution >= 4 is 0 Å². The first-order valence-electron chi connectivity index (χ1n) is 5.75. The SMILES string of the molecule is COCc1nc(C2(N)CCC(C)CC2)no1. The molecule has 1 aliphatic rings. The zero-order chi connectivity index (χ0) is 11.6. The summed E-state index contributed by atoms with van der Waals surface area (Å²) in [6, 6.07) is 0. The fourth-order valence-electron chi connectivity index (χ4n) is 2.14. The minimum absolute atomic E-state index is 0.347. The van der Waals surface area contributed by atoms with Crippen molar-refractivity contribution in [2.45, 2.75) is 44.8 Å². The van der Waals surface area contributed by atoms with E-state index in [-0.39, 0.29) is 0 Å². The molecule has 1 aromatic heterocycles. The lowest BCUT2D eigenvalue weighted by molar-refractivity contribution is 0.151. The average Bonchev–Trinajstić information content (AvgIpc) is 2.73. The second-order valence-electron chi connectivity index (χ2n) is 4.78. The van der Waals surface area contributed by atoms with Crippen LogP contribution in [0.5, 0.6) is 0 Å². The predicted octanol–water partition coefficient (Wildman–Crippen LogP) is 1.58. The van der Waals surface area contributed by atoms with Crippen LogP contribution in [0.25, 0.3) is 0 Å². The first-order chi connectivity index (χ1) is 7.64. The Morgan fingerprint density at radius 3 is 2.81 bits per heavy atom. The van der Waals surface area contributed by atoms with Crippen LogP contribution in [0.4, 0.5) is 0 Å². The van der Waals surface area contributed by atoms with Crippen molar-refractivity contribution in [3.63, 3.8) is 0 Å². The average molecular weight is 225 g/mol. The van der Waals surface area contributed by atoms with Gasteiger partial charge in [-0.05, 0) is 31.6 Å². The van der Waals surface area contributed by atoms with E-state index < -0.39 is 5.54 Å². The van der Waals surface area contributed by atoms with E-state index in [1.165, 1.54) is 0 Å². The number of hydrogen-bond donors (Lipinski definition) is 1. The van der Waals surface area contributed by atoms with Gasteiger partial charge < -0.3 is 15.0 Å². The molecule has 2 rings (SSSR count). The summed E-state index contributed by atoms with van der Waals surface area (Å²) in [4.78, 5) is 4.29. The van der Waals surface area contributed by atoms with Crippen molar-refractivity contribution < 1.29 is 9.26 Å². The molecule has 0 unspecified atom stereocenters. The van der Waals surface area contributed by atoms with Crippen molar-refractivity contribution in [1.82, 2.24) is 10.1 Å². The fraction of sp³-hybridized carbons (Fsp3) is 0.818. The molecule has 0 aliphatic heterocycles. The minimum atomic E-state index is -0.401. The highest BCUT2D eigenvalue weighted by Crippen LogP contribution is 2.35. The van der Waals surface area contributed by atoms with Crippen LogP contribution >= 0.6 is 0 Å². The molecule has 5 nitrogen and oxygen atoms in total. The van der Waals surface area contributed by atoms with Crippen LogP contribution in [-0.4, -0.2) is 17.3 Å². The third-order valence-electron chi connectivity index (χ3n) is 3.35. The van der Waals surface area contributed by atoms with Crippen LogP contribution < -0.4 is 5.73 Å². The number of hydrogen-bond acceptors (Lipinski definition) is 5. The Morgan fingerprint density at radius 1 is 1.50 bits per heavy atom. The van der Waals surface area contributed by atoms with Gasteiger partial charge in [-0.1, -0.05) is 12.1 Å². The first-order valence-corrected chi connectivity index (χ1v) is 5.75.